The molecule has 25 heavy (non-hydrogen) atoms. The lowest BCUT2D eigenvalue weighted by molar-refractivity contribution is 0.0177. The molecule has 0 spiro atoms. The summed E-state index contributed by atoms with van der Waals surface area (Å²) in [5.74, 6) is 0.102. The number of fused-ring (bicyclic) bond motifs is 2. The number of hydrogen-bond acceptors (Lipinski definition) is 3. The van der Waals surface area contributed by atoms with Crippen molar-refractivity contribution in [2.24, 2.45) is 0 Å². The third kappa shape index (κ3) is 3.80. The molecular formula is C21H26N2OS. The second-order valence-electron chi connectivity index (χ2n) is 7.52. The van der Waals surface area contributed by atoms with E-state index < -0.39 is 0 Å². The van der Waals surface area contributed by atoms with Gasteiger partial charge in [0.05, 0.1) is 4.88 Å². The van der Waals surface area contributed by atoms with Crippen molar-refractivity contribution in [2.45, 2.75) is 63.7 Å². The third-order valence-corrected chi connectivity index (χ3v) is 6.56. The highest BCUT2D eigenvalue weighted by Crippen LogP contribution is 2.35. The second kappa shape index (κ2) is 7.30. The maximum atomic E-state index is 12.4. The predicted molar refractivity (Wildman–Crippen MR) is 103 cm³/mol. The van der Waals surface area contributed by atoms with Gasteiger partial charge in [-0.15, -0.1) is 11.3 Å². The van der Waals surface area contributed by atoms with Gasteiger partial charge in [-0.2, -0.15) is 0 Å². The van der Waals surface area contributed by atoms with Crippen LogP contribution in [0.25, 0.3) is 0 Å². The maximum Gasteiger partial charge on any atom is 0.261 e. The number of thiophene rings is 1. The molecule has 2 aromatic rings. The zero-order valence-electron chi connectivity index (χ0n) is 14.8. The first-order valence-electron chi connectivity index (χ1n) is 9.35. The van der Waals surface area contributed by atoms with Gasteiger partial charge in [-0.3, -0.25) is 9.69 Å². The molecule has 1 amide bonds. The van der Waals surface area contributed by atoms with Crippen LogP contribution in [0.2, 0.25) is 0 Å². The summed E-state index contributed by atoms with van der Waals surface area (Å²) in [4.78, 5) is 15.9. The Kier molecular flexibility index (Phi) is 4.91. The van der Waals surface area contributed by atoms with Crippen LogP contribution in [0.5, 0.6) is 0 Å². The Hall–Kier alpha value is -1.65. The van der Waals surface area contributed by atoms with Gasteiger partial charge in [0.25, 0.3) is 5.91 Å². The van der Waals surface area contributed by atoms with Gasteiger partial charge in [0.1, 0.15) is 0 Å². The molecule has 2 aliphatic heterocycles. The van der Waals surface area contributed by atoms with E-state index >= 15 is 0 Å². The first-order valence-corrected chi connectivity index (χ1v) is 10.2. The summed E-state index contributed by atoms with van der Waals surface area (Å²) in [6.45, 7) is 3.18. The second-order valence-corrected chi connectivity index (χ2v) is 8.46. The number of carbonyl (C=O) groups is 1. The zero-order valence-corrected chi connectivity index (χ0v) is 15.6. The third-order valence-electron chi connectivity index (χ3n) is 5.69. The van der Waals surface area contributed by atoms with E-state index in [-0.39, 0.29) is 5.91 Å². The summed E-state index contributed by atoms with van der Waals surface area (Å²) < 4.78 is 0. The molecule has 0 saturated carbocycles. The molecule has 1 aromatic carbocycles. The van der Waals surface area contributed by atoms with Crippen LogP contribution in [0.15, 0.2) is 41.8 Å². The quantitative estimate of drug-likeness (QED) is 0.884. The predicted octanol–water partition coefficient (Wildman–Crippen LogP) is 4.37. The zero-order chi connectivity index (χ0) is 17.2. The fourth-order valence-corrected chi connectivity index (χ4v) is 5.05. The number of benzene rings is 1. The molecule has 4 rings (SSSR count). The molecule has 1 aromatic heterocycles. The van der Waals surface area contributed by atoms with Gasteiger partial charge in [0, 0.05) is 24.7 Å². The standard InChI is InChI=1S/C21H26N2OS/c1-15-7-9-16(10-8-15)14-23-18-4-2-5-19(23)13-17(12-18)22-21(24)20-6-3-11-25-20/h3,6-11,17-19H,2,4-5,12-14H2,1H3,(H,22,24)/t18-,19-/m0/s1. The number of aryl methyl sites for hydroxylation is 1. The minimum atomic E-state index is 0.102. The van der Waals surface area contributed by atoms with Gasteiger partial charge in [-0.25, -0.2) is 0 Å². The van der Waals surface area contributed by atoms with E-state index in [0.717, 1.165) is 24.3 Å². The molecule has 0 aliphatic carbocycles. The molecule has 3 nitrogen and oxygen atoms in total. The fraction of sp³-hybridized carbons (Fsp3) is 0.476. The van der Waals surface area contributed by atoms with Crippen LogP contribution in [0.1, 0.15) is 52.9 Å². The van der Waals surface area contributed by atoms with Gasteiger partial charge < -0.3 is 5.32 Å². The molecule has 2 atom stereocenters. The van der Waals surface area contributed by atoms with E-state index in [9.17, 15) is 4.79 Å². The summed E-state index contributed by atoms with van der Waals surface area (Å²) in [6, 6.07) is 14.3. The molecule has 2 saturated heterocycles. The van der Waals surface area contributed by atoms with Crippen molar-refractivity contribution >= 4 is 17.2 Å². The lowest BCUT2D eigenvalue weighted by atomic mass is 9.81. The van der Waals surface area contributed by atoms with Crippen LogP contribution in [0.3, 0.4) is 0 Å². The van der Waals surface area contributed by atoms with E-state index in [0.29, 0.717) is 18.1 Å². The largest absolute Gasteiger partial charge is 0.348 e. The highest BCUT2D eigenvalue weighted by molar-refractivity contribution is 7.12. The van der Waals surface area contributed by atoms with Gasteiger partial charge >= 0.3 is 0 Å². The molecule has 0 unspecified atom stereocenters. The smallest absolute Gasteiger partial charge is 0.261 e. The maximum absolute atomic E-state index is 12.4. The molecule has 4 heteroatoms. The van der Waals surface area contributed by atoms with Crippen LogP contribution < -0.4 is 5.32 Å². The average Bonchev–Trinajstić information content (AvgIpc) is 3.12. The van der Waals surface area contributed by atoms with E-state index in [1.807, 2.05) is 17.5 Å². The summed E-state index contributed by atoms with van der Waals surface area (Å²) in [5, 5.41) is 5.25. The number of piperidine rings is 2. The number of nitrogens with one attached hydrogen (secondary N) is 1. The minimum Gasteiger partial charge on any atom is -0.348 e. The summed E-state index contributed by atoms with van der Waals surface area (Å²) in [6.07, 6.45) is 6.01. The minimum absolute atomic E-state index is 0.102. The van der Waals surface area contributed by atoms with Crippen molar-refractivity contribution < 1.29 is 4.79 Å². The van der Waals surface area contributed by atoms with Crippen LogP contribution in [-0.4, -0.2) is 28.9 Å². The number of amides is 1. The molecule has 0 radical (unpaired) electrons. The van der Waals surface area contributed by atoms with Crippen molar-refractivity contribution in [2.75, 3.05) is 0 Å². The Morgan fingerprint density at radius 1 is 1.16 bits per heavy atom. The average molecular weight is 355 g/mol. The topological polar surface area (TPSA) is 32.3 Å². The summed E-state index contributed by atoms with van der Waals surface area (Å²) >= 11 is 1.52. The number of nitrogens with zero attached hydrogens (tertiary/aromatic N) is 1. The Morgan fingerprint density at radius 3 is 2.52 bits per heavy atom. The normalized spacial score (nSPS) is 26.4. The lowest BCUT2D eigenvalue weighted by Gasteiger charge is -2.49. The monoisotopic (exact) mass is 354 g/mol. The Morgan fingerprint density at radius 2 is 1.88 bits per heavy atom. The number of carbonyl (C=O) groups excluding carboxylic acids is 1. The van der Waals surface area contributed by atoms with Crippen LogP contribution in [0.4, 0.5) is 0 Å². The molecule has 2 aliphatic rings. The van der Waals surface area contributed by atoms with Gasteiger partial charge in [0.15, 0.2) is 0 Å². The van der Waals surface area contributed by atoms with E-state index in [1.165, 1.54) is 41.7 Å². The van der Waals surface area contributed by atoms with Crippen molar-refractivity contribution in [3.05, 3.63) is 57.8 Å². The first-order chi connectivity index (χ1) is 12.2. The summed E-state index contributed by atoms with van der Waals surface area (Å²) in [5.41, 5.74) is 2.72. The SMILES string of the molecule is Cc1ccc(CN2[C@H]3CCC[C@H]2CC(NC(=O)c2cccs2)C3)cc1. The van der Waals surface area contributed by atoms with Crippen LogP contribution >= 0.6 is 11.3 Å². The molecule has 1 N–H and O–H groups in total. The number of rotatable bonds is 4. The van der Waals surface area contributed by atoms with E-state index in [4.69, 9.17) is 0 Å². The van der Waals surface area contributed by atoms with Crippen molar-refractivity contribution in [1.29, 1.82) is 0 Å². The van der Waals surface area contributed by atoms with Crippen molar-refractivity contribution in [1.82, 2.24) is 10.2 Å². The van der Waals surface area contributed by atoms with E-state index in [1.54, 1.807) is 0 Å². The van der Waals surface area contributed by atoms with Crippen LogP contribution in [-0.2, 0) is 6.54 Å². The molecule has 2 fully saturated rings. The molecule has 2 bridgehead atoms. The lowest BCUT2D eigenvalue weighted by Crippen LogP contribution is -2.56. The van der Waals surface area contributed by atoms with Gasteiger partial charge in [0.2, 0.25) is 0 Å². The molecule has 3 heterocycles. The van der Waals surface area contributed by atoms with Crippen LogP contribution in [0, 0.1) is 6.92 Å². The van der Waals surface area contributed by atoms with Gasteiger partial charge in [-0.1, -0.05) is 42.3 Å². The van der Waals surface area contributed by atoms with Crippen molar-refractivity contribution in [3.8, 4) is 0 Å². The summed E-state index contributed by atoms with van der Waals surface area (Å²) in [7, 11) is 0. The number of hydrogen-bond donors (Lipinski definition) is 1. The van der Waals surface area contributed by atoms with E-state index in [2.05, 4.69) is 41.4 Å². The highest BCUT2D eigenvalue weighted by atomic mass is 32.1. The Balaban J connectivity index is 1.41. The Bertz CT molecular complexity index is 696. The fourth-order valence-electron chi connectivity index (χ4n) is 4.42. The van der Waals surface area contributed by atoms with Gasteiger partial charge in [-0.05, 0) is 49.6 Å². The van der Waals surface area contributed by atoms with Crippen molar-refractivity contribution in [3.63, 3.8) is 0 Å². The highest BCUT2D eigenvalue weighted by Gasteiger charge is 2.38. The molecule has 132 valence electrons. The Labute approximate surface area is 154 Å². The molecular weight excluding hydrogens is 328 g/mol. The first kappa shape index (κ1) is 16.8.